The minimum Gasteiger partial charge on any atom is -0.340 e. The second-order valence-electron chi connectivity index (χ2n) is 4.31. The third kappa shape index (κ3) is 0.792. The molecule has 1 fully saturated rings. The topological polar surface area (TPSA) is 18.5 Å². The average Bonchev–Trinajstić information content (AvgIpc) is 3.00. The molecule has 0 aromatic carbocycles. The van der Waals surface area contributed by atoms with Crippen molar-refractivity contribution in [2.45, 2.75) is 18.6 Å². The van der Waals surface area contributed by atoms with Crippen molar-refractivity contribution in [2.24, 2.45) is 0 Å². The van der Waals surface area contributed by atoms with Gasteiger partial charge in [-0.15, -0.1) is 0 Å². The quantitative estimate of drug-likeness (QED) is 0.597. The summed E-state index contributed by atoms with van der Waals surface area (Å²) in [5.74, 6) is -0.523. The molecule has 2 nitrogen and oxygen atoms in total. The molecule has 76 valence electrons. The molecule has 3 aliphatic carbocycles. The van der Waals surface area contributed by atoms with Crippen LogP contribution in [-0.4, -0.2) is 19.0 Å². The summed E-state index contributed by atoms with van der Waals surface area (Å²) >= 11 is 0. The fourth-order valence-electron chi connectivity index (χ4n) is 3.07. The highest BCUT2D eigenvalue weighted by Gasteiger charge is 2.51. The number of hydrogen-bond donors (Lipinski definition) is 0. The maximum Gasteiger partial charge on any atom is 0.223 e. The van der Waals surface area contributed by atoms with Crippen LogP contribution in [0.2, 0.25) is 0 Å². The van der Waals surface area contributed by atoms with Crippen molar-refractivity contribution in [1.82, 2.24) is 0 Å². The van der Waals surface area contributed by atoms with Crippen molar-refractivity contribution in [3.63, 3.8) is 0 Å². The van der Waals surface area contributed by atoms with Gasteiger partial charge in [0, 0.05) is 11.1 Å². The molecule has 0 aromatic rings. The van der Waals surface area contributed by atoms with Crippen LogP contribution in [0.3, 0.4) is 0 Å². The molecule has 0 unspecified atom stereocenters. The molecule has 1 spiro atoms. The standard InChI is InChI=1S/C13H12O2/c1-3-9-10-4-2-6-12(10)13(11(9)5-1)14-7-8-15-13/h1-2,5-6H,3-4,7-8H2. The van der Waals surface area contributed by atoms with E-state index in [1.165, 1.54) is 22.3 Å². The molecule has 0 atom stereocenters. The molecular formula is C13H12O2. The molecule has 0 aromatic heterocycles. The zero-order valence-electron chi connectivity index (χ0n) is 8.45. The van der Waals surface area contributed by atoms with Gasteiger partial charge in [0.2, 0.25) is 5.79 Å². The first kappa shape index (κ1) is 8.08. The van der Waals surface area contributed by atoms with Crippen molar-refractivity contribution in [1.29, 1.82) is 0 Å². The van der Waals surface area contributed by atoms with E-state index in [1.54, 1.807) is 0 Å². The van der Waals surface area contributed by atoms with Crippen molar-refractivity contribution in [3.8, 4) is 0 Å². The Morgan fingerprint density at radius 3 is 1.93 bits per heavy atom. The highest BCUT2D eigenvalue weighted by atomic mass is 16.7. The fraction of sp³-hybridized carbons (Fsp3) is 0.385. The largest absolute Gasteiger partial charge is 0.340 e. The normalized spacial score (nSPS) is 29.9. The summed E-state index contributed by atoms with van der Waals surface area (Å²) < 4.78 is 11.8. The molecular weight excluding hydrogens is 188 g/mol. The van der Waals surface area contributed by atoms with E-state index < -0.39 is 5.79 Å². The Kier molecular flexibility index (Phi) is 1.36. The number of fused-ring (bicyclic) bond motifs is 3. The van der Waals surface area contributed by atoms with Gasteiger partial charge < -0.3 is 9.47 Å². The van der Waals surface area contributed by atoms with E-state index in [0.717, 1.165) is 12.8 Å². The van der Waals surface area contributed by atoms with Crippen LogP contribution < -0.4 is 0 Å². The Labute approximate surface area is 88.6 Å². The number of hydrogen-bond acceptors (Lipinski definition) is 2. The lowest BCUT2D eigenvalue weighted by molar-refractivity contribution is -0.0863. The van der Waals surface area contributed by atoms with Gasteiger partial charge >= 0.3 is 0 Å². The highest BCUT2D eigenvalue weighted by molar-refractivity contribution is 5.66. The third-order valence-electron chi connectivity index (χ3n) is 3.63. The molecule has 1 aliphatic heterocycles. The van der Waals surface area contributed by atoms with Gasteiger partial charge in [-0.2, -0.15) is 0 Å². The SMILES string of the molecule is C1=CC2=C(C1)C1=C(C=CC1)C21OCCO1. The zero-order valence-corrected chi connectivity index (χ0v) is 8.45. The van der Waals surface area contributed by atoms with E-state index in [0.29, 0.717) is 13.2 Å². The zero-order chi connectivity index (χ0) is 9.88. The third-order valence-corrected chi connectivity index (χ3v) is 3.63. The predicted molar refractivity (Wildman–Crippen MR) is 56.2 cm³/mol. The van der Waals surface area contributed by atoms with Crippen LogP contribution in [0.25, 0.3) is 0 Å². The molecule has 15 heavy (non-hydrogen) atoms. The van der Waals surface area contributed by atoms with Gasteiger partial charge in [0.25, 0.3) is 0 Å². The molecule has 4 rings (SSSR count). The molecule has 0 bridgehead atoms. The summed E-state index contributed by atoms with van der Waals surface area (Å²) in [4.78, 5) is 0. The molecule has 4 aliphatic rings. The first-order valence-corrected chi connectivity index (χ1v) is 5.50. The average molecular weight is 200 g/mol. The fourth-order valence-corrected chi connectivity index (χ4v) is 3.07. The summed E-state index contributed by atoms with van der Waals surface area (Å²) in [5, 5.41) is 0. The van der Waals surface area contributed by atoms with Gasteiger partial charge in [0.1, 0.15) is 0 Å². The molecule has 0 radical (unpaired) electrons. The maximum absolute atomic E-state index is 5.89. The van der Waals surface area contributed by atoms with Gasteiger partial charge in [-0.25, -0.2) is 0 Å². The Hall–Kier alpha value is -1.12. The van der Waals surface area contributed by atoms with Crippen molar-refractivity contribution in [2.75, 3.05) is 13.2 Å². The minimum atomic E-state index is -0.523. The second-order valence-corrected chi connectivity index (χ2v) is 4.31. The van der Waals surface area contributed by atoms with Crippen LogP contribution >= 0.6 is 0 Å². The van der Waals surface area contributed by atoms with E-state index in [9.17, 15) is 0 Å². The van der Waals surface area contributed by atoms with E-state index >= 15 is 0 Å². The Bertz CT molecular complexity index is 419. The molecule has 0 amide bonds. The van der Waals surface area contributed by atoms with Crippen LogP contribution in [-0.2, 0) is 9.47 Å². The lowest BCUT2D eigenvalue weighted by atomic mass is 10.0. The van der Waals surface area contributed by atoms with Crippen molar-refractivity contribution >= 4 is 0 Å². The van der Waals surface area contributed by atoms with Crippen LogP contribution in [0.15, 0.2) is 46.6 Å². The van der Waals surface area contributed by atoms with Gasteiger partial charge in [-0.05, 0) is 24.0 Å². The van der Waals surface area contributed by atoms with E-state index in [1.807, 2.05) is 0 Å². The molecule has 2 heteroatoms. The summed E-state index contributed by atoms with van der Waals surface area (Å²) in [6, 6.07) is 0. The summed E-state index contributed by atoms with van der Waals surface area (Å²) in [7, 11) is 0. The first-order valence-electron chi connectivity index (χ1n) is 5.50. The van der Waals surface area contributed by atoms with Crippen LogP contribution in [0, 0.1) is 0 Å². The summed E-state index contributed by atoms with van der Waals surface area (Å²) in [5.41, 5.74) is 5.40. The first-order chi connectivity index (χ1) is 7.42. The van der Waals surface area contributed by atoms with Crippen LogP contribution in [0.5, 0.6) is 0 Å². The molecule has 0 N–H and O–H groups in total. The second kappa shape index (κ2) is 2.52. The van der Waals surface area contributed by atoms with E-state index in [2.05, 4.69) is 24.3 Å². The van der Waals surface area contributed by atoms with Crippen LogP contribution in [0.4, 0.5) is 0 Å². The van der Waals surface area contributed by atoms with Crippen molar-refractivity contribution in [3.05, 3.63) is 46.6 Å². The number of rotatable bonds is 0. The van der Waals surface area contributed by atoms with Gasteiger partial charge in [0.15, 0.2) is 0 Å². The number of allylic oxidation sites excluding steroid dienone is 4. The minimum absolute atomic E-state index is 0.523. The van der Waals surface area contributed by atoms with Crippen LogP contribution in [0.1, 0.15) is 12.8 Å². The van der Waals surface area contributed by atoms with Crippen molar-refractivity contribution < 1.29 is 9.47 Å². The molecule has 1 heterocycles. The van der Waals surface area contributed by atoms with Gasteiger partial charge in [-0.1, -0.05) is 24.3 Å². The van der Waals surface area contributed by atoms with E-state index in [4.69, 9.17) is 9.47 Å². The monoisotopic (exact) mass is 200 g/mol. The summed E-state index contributed by atoms with van der Waals surface area (Å²) in [6.07, 6.45) is 10.9. The highest BCUT2D eigenvalue weighted by Crippen LogP contribution is 2.53. The lowest BCUT2D eigenvalue weighted by Gasteiger charge is -2.25. The Morgan fingerprint density at radius 2 is 1.40 bits per heavy atom. The predicted octanol–water partition coefficient (Wildman–Crippen LogP) is 2.26. The Balaban J connectivity index is 1.95. The molecule has 1 saturated heterocycles. The smallest absolute Gasteiger partial charge is 0.223 e. The summed E-state index contributed by atoms with van der Waals surface area (Å²) in [6.45, 7) is 1.41. The Morgan fingerprint density at radius 1 is 0.867 bits per heavy atom. The number of ether oxygens (including phenoxy) is 2. The molecule has 0 saturated carbocycles. The van der Waals surface area contributed by atoms with E-state index in [-0.39, 0.29) is 0 Å². The van der Waals surface area contributed by atoms with Gasteiger partial charge in [0.05, 0.1) is 13.2 Å². The maximum atomic E-state index is 5.89. The van der Waals surface area contributed by atoms with Gasteiger partial charge in [-0.3, -0.25) is 0 Å². The lowest BCUT2D eigenvalue weighted by Crippen LogP contribution is -2.31.